The van der Waals surface area contributed by atoms with Gasteiger partial charge in [0.2, 0.25) is 11.1 Å². The van der Waals surface area contributed by atoms with Gasteiger partial charge in [0.15, 0.2) is 0 Å². The molecule has 4 aromatic carbocycles. The number of hydrogen-bond donors (Lipinski definition) is 3. The average Bonchev–Trinajstić information content (AvgIpc) is 3.38. The molecule has 1 heterocycles. The summed E-state index contributed by atoms with van der Waals surface area (Å²) in [5.41, 5.74) is 4.00. The first kappa shape index (κ1) is 24.5. The second-order valence-electron chi connectivity index (χ2n) is 8.61. The van der Waals surface area contributed by atoms with Crippen molar-refractivity contribution in [3.63, 3.8) is 0 Å². The van der Waals surface area contributed by atoms with E-state index < -0.39 is 0 Å². The van der Waals surface area contributed by atoms with E-state index in [1.54, 1.807) is 28.9 Å². The molecule has 0 saturated heterocycles. The highest BCUT2D eigenvalue weighted by atomic mass is 32.2. The number of benzene rings is 4. The molecule has 0 unspecified atom stereocenters. The van der Waals surface area contributed by atoms with Crippen molar-refractivity contribution in [3.8, 4) is 11.4 Å². The molecule has 0 fully saturated rings. The molecule has 186 valence electrons. The summed E-state index contributed by atoms with van der Waals surface area (Å²) >= 11 is 1.29. The standard InChI is InChI=1S/C28H25N5O3S/c1-18-10-12-19(13-11-18)14-15-25(35)29-23-9-5-8-22-26(23)24(16-20(17-34)27(22)36)37-28-30-31-32-33(28)21-6-3-2-4-7-21/h2-13,16,34,36H,14-15,17H2,1H3,(H,29,35). The predicted octanol–water partition coefficient (Wildman–Crippen LogP) is 5.04. The highest BCUT2D eigenvalue weighted by Crippen LogP contribution is 2.42. The number of phenols is 1. The molecule has 5 aromatic rings. The Hall–Kier alpha value is -4.21. The first-order valence-corrected chi connectivity index (χ1v) is 12.6. The molecule has 5 rings (SSSR count). The Balaban J connectivity index is 1.49. The average molecular weight is 512 g/mol. The second kappa shape index (κ2) is 10.8. The molecule has 0 spiro atoms. The number of aromatic nitrogens is 4. The number of tetrazole rings is 1. The molecule has 0 aliphatic rings. The van der Waals surface area contributed by atoms with Crippen LogP contribution in [0.4, 0.5) is 5.69 Å². The second-order valence-corrected chi connectivity index (χ2v) is 9.62. The summed E-state index contributed by atoms with van der Waals surface area (Å²) in [6, 6.07) is 24.7. The van der Waals surface area contributed by atoms with Gasteiger partial charge in [0.25, 0.3) is 0 Å². The Morgan fingerprint density at radius 2 is 1.81 bits per heavy atom. The number of nitrogens with zero attached hydrogens (tertiary/aromatic N) is 4. The van der Waals surface area contributed by atoms with E-state index in [1.165, 1.54) is 17.3 Å². The summed E-state index contributed by atoms with van der Waals surface area (Å²) in [6.07, 6.45) is 0.930. The van der Waals surface area contributed by atoms with Gasteiger partial charge in [-0.1, -0.05) is 60.2 Å². The number of aliphatic hydroxyl groups excluding tert-OH is 1. The number of rotatable bonds is 8. The van der Waals surface area contributed by atoms with Gasteiger partial charge in [-0.25, -0.2) is 0 Å². The number of fused-ring (bicyclic) bond motifs is 1. The van der Waals surface area contributed by atoms with E-state index in [0.717, 1.165) is 11.3 Å². The lowest BCUT2D eigenvalue weighted by Crippen LogP contribution is -2.13. The Kier molecular flexibility index (Phi) is 7.16. The molecule has 3 N–H and O–H groups in total. The van der Waals surface area contributed by atoms with Gasteiger partial charge >= 0.3 is 0 Å². The van der Waals surface area contributed by atoms with Crippen molar-refractivity contribution in [2.75, 3.05) is 5.32 Å². The molecule has 0 radical (unpaired) electrons. The zero-order valence-corrected chi connectivity index (χ0v) is 20.9. The lowest BCUT2D eigenvalue weighted by molar-refractivity contribution is -0.116. The molecule has 0 atom stereocenters. The number of nitrogens with one attached hydrogen (secondary N) is 1. The van der Waals surface area contributed by atoms with E-state index >= 15 is 0 Å². The number of para-hydroxylation sites is 1. The van der Waals surface area contributed by atoms with Crippen LogP contribution in [-0.4, -0.2) is 36.3 Å². The minimum Gasteiger partial charge on any atom is -0.507 e. The summed E-state index contributed by atoms with van der Waals surface area (Å²) in [4.78, 5) is 13.6. The summed E-state index contributed by atoms with van der Waals surface area (Å²) in [6.45, 7) is 1.69. The summed E-state index contributed by atoms with van der Waals surface area (Å²) in [5.74, 6) is -0.163. The molecule has 0 aliphatic heterocycles. The van der Waals surface area contributed by atoms with E-state index in [2.05, 4.69) is 20.8 Å². The van der Waals surface area contributed by atoms with Gasteiger partial charge in [0.1, 0.15) is 5.75 Å². The molecule has 1 amide bonds. The summed E-state index contributed by atoms with van der Waals surface area (Å²) in [5, 5.41) is 37.5. The third-order valence-electron chi connectivity index (χ3n) is 6.02. The van der Waals surface area contributed by atoms with Gasteiger partial charge in [0.05, 0.1) is 12.3 Å². The van der Waals surface area contributed by atoms with Crippen LogP contribution >= 0.6 is 11.8 Å². The first-order chi connectivity index (χ1) is 18.0. The number of carbonyl (C=O) groups excluding carboxylic acids is 1. The molecular weight excluding hydrogens is 486 g/mol. The van der Waals surface area contributed by atoms with Crippen molar-refractivity contribution in [1.82, 2.24) is 20.2 Å². The maximum Gasteiger partial charge on any atom is 0.224 e. The highest BCUT2D eigenvalue weighted by Gasteiger charge is 2.19. The number of anilines is 1. The van der Waals surface area contributed by atoms with Crippen molar-refractivity contribution < 1.29 is 15.0 Å². The van der Waals surface area contributed by atoms with Crippen LogP contribution in [-0.2, 0) is 17.8 Å². The maximum atomic E-state index is 12.9. The van der Waals surface area contributed by atoms with Crippen molar-refractivity contribution in [1.29, 1.82) is 0 Å². The SMILES string of the molecule is Cc1ccc(CCC(=O)Nc2cccc3c(O)c(CO)cc(Sc4nnnn4-c4ccccc4)c23)cc1. The summed E-state index contributed by atoms with van der Waals surface area (Å²) < 4.78 is 1.62. The zero-order chi connectivity index (χ0) is 25.8. The van der Waals surface area contributed by atoms with E-state index in [9.17, 15) is 15.0 Å². The van der Waals surface area contributed by atoms with Crippen molar-refractivity contribution in [2.24, 2.45) is 0 Å². The van der Waals surface area contributed by atoms with Crippen LogP contribution in [0, 0.1) is 6.92 Å². The molecule has 1 aromatic heterocycles. The third kappa shape index (κ3) is 5.32. The molecule has 0 aliphatic carbocycles. The van der Waals surface area contributed by atoms with E-state index in [-0.39, 0.29) is 18.3 Å². The van der Waals surface area contributed by atoms with Gasteiger partial charge in [-0.3, -0.25) is 4.79 Å². The highest BCUT2D eigenvalue weighted by molar-refractivity contribution is 7.99. The van der Waals surface area contributed by atoms with Crippen molar-refractivity contribution >= 4 is 34.1 Å². The molecule has 37 heavy (non-hydrogen) atoms. The lowest BCUT2D eigenvalue weighted by Gasteiger charge is -2.16. The van der Waals surface area contributed by atoms with Gasteiger partial charge in [0, 0.05) is 33.3 Å². The number of amides is 1. The lowest BCUT2D eigenvalue weighted by atomic mass is 10.0. The maximum absolute atomic E-state index is 12.9. The topological polar surface area (TPSA) is 113 Å². The number of aliphatic hydroxyl groups is 1. The van der Waals surface area contributed by atoms with Crippen molar-refractivity contribution in [2.45, 2.75) is 36.4 Å². The monoisotopic (exact) mass is 511 g/mol. The number of aryl methyl sites for hydroxylation is 2. The van der Waals surface area contributed by atoms with Crippen LogP contribution in [0.2, 0.25) is 0 Å². The van der Waals surface area contributed by atoms with Crippen molar-refractivity contribution in [3.05, 3.63) is 95.6 Å². The zero-order valence-electron chi connectivity index (χ0n) is 20.1. The molecular formula is C28H25N5O3S. The van der Waals surface area contributed by atoms with Crippen LogP contribution in [0.15, 0.2) is 88.9 Å². The number of hydrogen-bond acceptors (Lipinski definition) is 7. The number of carbonyl (C=O) groups is 1. The Morgan fingerprint density at radius 3 is 2.57 bits per heavy atom. The number of aromatic hydroxyl groups is 1. The fraction of sp³-hybridized carbons (Fsp3) is 0.143. The Morgan fingerprint density at radius 1 is 1.03 bits per heavy atom. The minimum absolute atomic E-state index is 0.0275. The van der Waals surface area contributed by atoms with Crippen LogP contribution in [0.1, 0.15) is 23.1 Å². The molecule has 8 nitrogen and oxygen atoms in total. The molecule has 0 bridgehead atoms. The quantitative estimate of drug-likeness (QED) is 0.267. The summed E-state index contributed by atoms with van der Waals surface area (Å²) in [7, 11) is 0. The predicted molar refractivity (Wildman–Crippen MR) is 143 cm³/mol. The smallest absolute Gasteiger partial charge is 0.224 e. The molecule has 0 saturated carbocycles. The van der Waals surface area contributed by atoms with Crippen LogP contribution in [0.3, 0.4) is 0 Å². The van der Waals surface area contributed by atoms with Crippen LogP contribution in [0.25, 0.3) is 16.5 Å². The van der Waals surface area contributed by atoms with E-state index in [4.69, 9.17) is 0 Å². The normalized spacial score (nSPS) is 11.1. The Labute approximate surface area is 218 Å². The van der Waals surface area contributed by atoms with Gasteiger partial charge in [-0.05, 0) is 65.4 Å². The van der Waals surface area contributed by atoms with Gasteiger partial charge < -0.3 is 15.5 Å². The molecule has 9 heteroatoms. The fourth-order valence-corrected chi connectivity index (χ4v) is 5.12. The first-order valence-electron chi connectivity index (χ1n) is 11.8. The van der Waals surface area contributed by atoms with Crippen LogP contribution < -0.4 is 5.32 Å². The van der Waals surface area contributed by atoms with E-state index in [0.29, 0.717) is 44.9 Å². The fourth-order valence-electron chi connectivity index (χ4n) is 4.09. The van der Waals surface area contributed by atoms with Gasteiger partial charge in [-0.2, -0.15) is 4.68 Å². The Bertz CT molecular complexity index is 1550. The minimum atomic E-state index is -0.341. The van der Waals surface area contributed by atoms with E-state index in [1.807, 2.05) is 61.5 Å². The van der Waals surface area contributed by atoms with Gasteiger partial charge in [-0.15, -0.1) is 5.10 Å². The van der Waals surface area contributed by atoms with Crippen LogP contribution in [0.5, 0.6) is 5.75 Å². The largest absolute Gasteiger partial charge is 0.507 e. The third-order valence-corrected chi connectivity index (χ3v) is 7.00.